The first-order chi connectivity index (χ1) is 38.3. The van der Waals surface area contributed by atoms with Crippen LogP contribution < -0.4 is 26.0 Å². The molecule has 6 heterocycles. The van der Waals surface area contributed by atoms with Crippen molar-refractivity contribution in [2.75, 3.05) is 30.1 Å². The third-order valence-corrected chi connectivity index (χ3v) is 15.8. The van der Waals surface area contributed by atoms with E-state index < -0.39 is 16.8 Å². The van der Waals surface area contributed by atoms with Crippen LogP contribution in [-0.2, 0) is 28.9 Å². The van der Waals surface area contributed by atoms with E-state index in [1.165, 1.54) is 51.9 Å². The van der Waals surface area contributed by atoms with Crippen LogP contribution in [0, 0.1) is 17.8 Å². The molecule has 0 bridgehead atoms. The van der Waals surface area contributed by atoms with Gasteiger partial charge in [0.15, 0.2) is 5.78 Å². The van der Waals surface area contributed by atoms with Gasteiger partial charge in [0.25, 0.3) is 5.91 Å². The number of aliphatic hydroxyl groups is 3. The molecule has 6 aromatic heterocycles. The molecule has 3 amide bonds. The number of fused-ring (bicyclic) bond motifs is 3. The molecule has 18 nitrogen and oxygen atoms in total. The van der Waals surface area contributed by atoms with Gasteiger partial charge in [0.1, 0.15) is 22.7 Å². The van der Waals surface area contributed by atoms with Crippen LogP contribution in [0.4, 0.5) is 17.1 Å². The summed E-state index contributed by atoms with van der Waals surface area (Å²) >= 11 is 0. The zero-order valence-corrected chi connectivity index (χ0v) is 49.6. The zero-order valence-electron chi connectivity index (χ0n) is 49.6. The molecule has 0 aliphatic heterocycles. The van der Waals surface area contributed by atoms with Gasteiger partial charge in [-0.2, -0.15) is 0 Å². The maximum Gasteiger partial charge on any atom is 0.253 e. The SMILES string of the molecule is C.C=C(Nc1cn2cc(CCC(C)(C)O)nc2cc1OC)C1CCCCC1.CC(=O)c1cc2nc(CCC(C)(C)O)cn2cc1NC(=O)C1CCCCC1.CNC(=O)c1cc2nc(CCC(C)(C)O)cn2cc1NC(=O)C1CCCCC1. The molecule has 3 saturated carbocycles. The Hall–Kier alpha value is -6.63. The number of carbonyl (C=O) groups is 4. The highest BCUT2D eigenvalue weighted by Gasteiger charge is 2.26. The number of ketones is 1. The molecular weight excluding hydrogens is 1040 g/mol. The fourth-order valence-electron chi connectivity index (χ4n) is 10.9. The number of hydrogen-bond donors (Lipinski definition) is 7. The van der Waals surface area contributed by atoms with Crippen molar-refractivity contribution in [3.63, 3.8) is 0 Å². The second-order valence-corrected chi connectivity index (χ2v) is 24.7. The van der Waals surface area contributed by atoms with Gasteiger partial charge in [-0.05, 0) is 144 Å². The number of Topliss-reactive ketones (excluding diaryl/α,β-unsaturated/α-hetero) is 1. The Balaban J connectivity index is 0.000000197. The summed E-state index contributed by atoms with van der Waals surface area (Å²) in [5.74, 6) is 0.959. The van der Waals surface area contributed by atoms with E-state index in [2.05, 4.69) is 42.8 Å². The van der Waals surface area contributed by atoms with Gasteiger partial charge < -0.3 is 54.5 Å². The van der Waals surface area contributed by atoms with Crippen molar-refractivity contribution in [2.45, 2.75) is 208 Å². The molecule has 7 N–H and O–H groups in total. The molecule has 18 heteroatoms. The van der Waals surface area contributed by atoms with Gasteiger partial charge in [-0.15, -0.1) is 0 Å². The highest BCUT2D eigenvalue weighted by atomic mass is 16.5. The average Bonchev–Trinajstić information content (AvgIpc) is 4.17. The van der Waals surface area contributed by atoms with Gasteiger partial charge >= 0.3 is 0 Å². The summed E-state index contributed by atoms with van der Waals surface area (Å²) in [5.41, 5.74) is 6.52. The molecule has 0 radical (unpaired) electrons. The maximum atomic E-state index is 12.7. The fourth-order valence-corrected chi connectivity index (χ4v) is 10.9. The highest BCUT2D eigenvalue weighted by Crippen LogP contribution is 2.34. The van der Waals surface area contributed by atoms with Gasteiger partial charge in [-0.3, -0.25) is 19.2 Å². The third-order valence-electron chi connectivity index (χ3n) is 15.8. The van der Waals surface area contributed by atoms with E-state index in [0.717, 1.165) is 97.7 Å². The number of imidazole rings is 3. The Morgan fingerprint density at radius 3 is 1.27 bits per heavy atom. The minimum Gasteiger partial charge on any atom is -0.494 e. The molecule has 3 aliphatic rings. The number of anilines is 3. The number of pyridine rings is 3. The van der Waals surface area contributed by atoms with E-state index in [4.69, 9.17) is 4.74 Å². The lowest BCUT2D eigenvalue weighted by Crippen LogP contribution is -2.27. The average molecular weight is 1130 g/mol. The number of ether oxygens (including phenoxy) is 1. The number of aryl methyl sites for hydroxylation is 3. The predicted molar refractivity (Wildman–Crippen MR) is 326 cm³/mol. The number of nitrogens with zero attached hydrogens (tertiary/aromatic N) is 6. The second-order valence-electron chi connectivity index (χ2n) is 24.7. The number of rotatable bonds is 19. The van der Waals surface area contributed by atoms with Crippen LogP contribution in [0.1, 0.15) is 209 Å². The van der Waals surface area contributed by atoms with E-state index in [9.17, 15) is 34.5 Å². The first kappa shape index (κ1) is 64.5. The van der Waals surface area contributed by atoms with Gasteiger partial charge in [0, 0.05) is 73.4 Å². The van der Waals surface area contributed by atoms with Crippen LogP contribution in [0.5, 0.6) is 5.75 Å². The number of aromatic nitrogens is 6. The molecule has 0 atom stereocenters. The molecule has 0 aromatic carbocycles. The van der Waals surface area contributed by atoms with Gasteiger partial charge in [-0.25, -0.2) is 15.0 Å². The normalized spacial score (nSPS) is 15.6. The summed E-state index contributed by atoms with van der Waals surface area (Å²) in [6.45, 7) is 16.5. The van der Waals surface area contributed by atoms with Crippen LogP contribution >= 0.6 is 0 Å². The standard InChI is InChI=1S/C21H30N4O3.C21H29N3O3.C21H31N3O2.CH4/c1-21(2,28)10-9-15-12-25-13-17(16(20(27)22-3)11-18(25)23-15)24-19(26)14-7-5-4-6-8-14;1-14(25)17-11-19-22-16(9-10-21(2,3)27)12-24(19)13-18(17)23-20(26)15-7-5-4-6-8-15;1-15(16-8-6-5-7-9-16)22-18-14-24-13-17(10-11-21(2,3)25)23-20(24)12-19(18)26-4;/h11-14,28H,4-10H2,1-3H3,(H,22,27)(H,24,26);11-13,15,27H,4-10H2,1-3H3,(H,23,26);12-14,16,22,25H,1,5-11H2,2-4H3;1H4. The number of nitrogens with one attached hydrogen (secondary N) is 4. The highest BCUT2D eigenvalue weighted by molar-refractivity contribution is 6.05. The smallest absolute Gasteiger partial charge is 0.253 e. The van der Waals surface area contributed by atoms with Gasteiger partial charge in [-0.1, -0.05) is 71.8 Å². The van der Waals surface area contributed by atoms with E-state index in [-0.39, 0.29) is 42.8 Å². The number of amides is 3. The number of carbonyl (C=O) groups excluding carboxylic acids is 4. The Morgan fingerprint density at radius 1 is 0.549 bits per heavy atom. The molecular formula is C64H94N10O8. The third kappa shape index (κ3) is 18.7. The topological polar surface area (TPSA) is 238 Å². The van der Waals surface area contributed by atoms with E-state index in [0.29, 0.717) is 71.8 Å². The molecule has 448 valence electrons. The van der Waals surface area contributed by atoms with E-state index in [1.807, 2.05) is 57.9 Å². The van der Waals surface area contributed by atoms with Crippen LogP contribution in [0.3, 0.4) is 0 Å². The first-order valence-corrected chi connectivity index (χ1v) is 29.4. The minimum absolute atomic E-state index is 0. The molecule has 0 saturated heterocycles. The van der Waals surface area contributed by atoms with Crippen molar-refractivity contribution in [1.29, 1.82) is 0 Å². The summed E-state index contributed by atoms with van der Waals surface area (Å²) < 4.78 is 11.2. The summed E-state index contributed by atoms with van der Waals surface area (Å²) in [4.78, 5) is 63.6. The summed E-state index contributed by atoms with van der Waals surface area (Å²) in [6, 6.07) is 5.37. The van der Waals surface area contributed by atoms with Crippen molar-refractivity contribution < 1.29 is 39.2 Å². The van der Waals surface area contributed by atoms with Gasteiger partial charge in [0.2, 0.25) is 11.8 Å². The van der Waals surface area contributed by atoms with Gasteiger partial charge in [0.05, 0.1) is 63.6 Å². The van der Waals surface area contributed by atoms with Crippen molar-refractivity contribution >= 4 is 57.5 Å². The maximum absolute atomic E-state index is 12.7. The monoisotopic (exact) mass is 1130 g/mol. The van der Waals surface area contributed by atoms with E-state index >= 15 is 0 Å². The molecule has 0 unspecified atom stereocenters. The second kappa shape index (κ2) is 28.6. The fraction of sp³-hybridized carbons (Fsp3) is 0.578. The largest absolute Gasteiger partial charge is 0.494 e. The Bertz CT molecular complexity index is 3130. The molecule has 3 fully saturated rings. The molecule has 6 aromatic rings. The van der Waals surface area contributed by atoms with Crippen molar-refractivity contribution in [3.05, 3.63) is 95.9 Å². The minimum atomic E-state index is -0.762. The lowest BCUT2D eigenvalue weighted by atomic mass is 9.87. The number of methoxy groups -OCH3 is 1. The molecule has 0 spiro atoms. The molecule has 3 aliphatic carbocycles. The van der Waals surface area contributed by atoms with Crippen molar-refractivity contribution in [2.24, 2.45) is 17.8 Å². The summed E-state index contributed by atoms with van der Waals surface area (Å²) in [6.07, 6.45) is 31.9. The molecule has 9 rings (SSSR count). The summed E-state index contributed by atoms with van der Waals surface area (Å²) in [7, 11) is 3.25. The lowest BCUT2D eigenvalue weighted by Gasteiger charge is -2.25. The Kier molecular flexibility index (Phi) is 22.5. The van der Waals surface area contributed by atoms with Crippen LogP contribution in [0.15, 0.2) is 67.7 Å². The van der Waals surface area contributed by atoms with Crippen LogP contribution in [0.2, 0.25) is 0 Å². The summed E-state index contributed by atoms with van der Waals surface area (Å²) in [5, 5.41) is 41.8. The predicted octanol–water partition coefficient (Wildman–Crippen LogP) is 11.9. The van der Waals surface area contributed by atoms with Crippen molar-refractivity contribution in [1.82, 2.24) is 33.5 Å². The number of allylic oxidation sites excluding steroid dienone is 1. The first-order valence-electron chi connectivity index (χ1n) is 29.4. The van der Waals surface area contributed by atoms with Crippen LogP contribution in [-0.4, -0.2) is 97.9 Å². The quantitative estimate of drug-likeness (QED) is 0.0375. The zero-order chi connectivity index (χ0) is 58.6. The van der Waals surface area contributed by atoms with Crippen LogP contribution in [0.25, 0.3) is 16.9 Å². The Labute approximate surface area is 485 Å². The number of hydrogen-bond acceptors (Lipinski definition) is 12. The lowest BCUT2D eigenvalue weighted by molar-refractivity contribution is -0.121. The van der Waals surface area contributed by atoms with E-state index in [1.54, 1.807) is 66.4 Å². The molecule has 82 heavy (non-hydrogen) atoms. The Morgan fingerprint density at radius 2 is 0.902 bits per heavy atom. The van der Waals surface area contributed by atoms with Crippen molar-refractivity contribution in [3.8, 4) is 5.75 Å².